The molecule has 0 atom stereocenters. The van der Waals surface area contributed by atoms with Gasteiger partial charge in [-0.3, -0.25) is 10.1 Å². The minimum Gasteiger partial charge on any atom is -0.398 e. The van der Waals surface area contributed by atoms with E-state index in [4.69, 9.17) is 5.73 Å². The first-order chi connectivity index (χ1) is 11.1. The standard InChI is InChI=1S/C13H13N3O6S2/c1-15(23(19,20)12-8-4-2-6-10(12)14)24(21,22)13-9-5-3-7-11(13)16(17)18/h2-9H,14H2,1H3. The van der Waals surface area contributed by atoms with Gasteiger partial charge in [-0.2, -0.15) is 0 Å². The van der Waals surface area contributed by atoms with Crippen LogP contribution < -0.4 is 5.73 Å². The summed E-state index contributed by atoms with van der Waals surface area (Å²) in [5.41, 5.74) is 4.74. The van der Waals surface area contributed by atoms with Gasteiger partial charge >= 0.3 is 0 Å². The number of nitro benzene ring substituents is 1. The van der Waals surface area contributed by atoms with Crippen LogP contribution in [-0.2, 0) is 20.0 Å². The molecule has 0 aromatic heterocycles. The molecule has 0 heterocycles. The third-order valence-corrected chi connectivity index (χ3v) is 7.57. The van der Waals surface area contributed by atoms with Crippen molar-refractivity contribution in [3.8, 4) is 0 Å². The van der Waals surface area contributed by atoms with E-state index >= 15 is 0 Å². The fourth-order valence-corrected chi connectivity index (χ4v) is 5.29. The highest BCUT2D eigenvalue weighted by molar-refractivity contribution is 8.04. The first-order valence-electron chi connectivity index (χ1n) is 6.42. The number of benzene rings is 2. The molecule has 0 saturated carbocycles. The van der Waals surface area contributed by atoms with Crippen LogP contribution in [0.3, 0.4) is 0 Å². The predicted octanol–water partition coefficient (Wildman–Crippen LogP) is 1.19. The molecule has 0 radical (unpaired) electrons. The Morgan fingerprint density at radius 2 is 1.38 bits per heavy atom. The number of nitrogens with zero attached hydrogens (tertiary/aromatic N) is 2. The topological polar surface area (TPSA) is 141 Å². The summed E-state index contributed by atoms with van der Waals surface area (Å²) in [5, 5.41) is 11.0. The Bertz CT molecular complexity index is 1000. The summed E-state index contributed by atoms with van der Waals surface area (Å²) in [7, 11) is -8.41. The number of nitrogen functional groups attached to an aromatic ring is 1. The molecule has 0 aliphatic carbocycles. The largest absolute Gasteiger partial charge is 0.398 e. The summed E-state index contributed by atoms with van der Waals surface area (Å²) in [4.78, 5) is 8.99. The van der Waals surface area contributed by atoms with Crippen LogP contribution in [0.5, 0.6) is 0 Å². The molecular weight excluding hydrogens is 358 g/mol. The van der Waals surface area contributed by atoms with E-state index in [9.17, 15) is 26.9 Å². The Balaban J connectivity index is 2.63. The number of rotatable bonds is 5. The zero-order valence-corrected chi connectivity index (χ0v) is 14.0. The van der Waals surface area contributed by atoms with Gasteiger partial charge in [0.25, 0.3) is 25.7 Å². The van der Waals surface area contributed by atoms with E-state index in [1.165, 1.54) is 30.3 Å². The molecule has 0 aliphatic rings. The monoisotopic (exact) mass is 371 g/mol. The summed E-state index contributed by atoms with van der Waals surface area (Å²) in [6, 6.07) is 9.81. The number of nitro groups is 1. The van der Waals surface area contributed by atoms with Gasteiger partial charge in [0.1, 0.15) is 4.90 Å². The molecule has 0 fully saturated rings. The summed E-state index contributed by atoms with van der Waals surface area (Å²) in [5.74, 6) is 0. The number of sulfonamides is 2. The van der Waals surface area contributed by atoms with Crippen molar-refractivity contribution in [1.29, 1.82) is 0 Å². The van der Waals surface area contributed by atoms with Crippen molar-refractivity contribution in [2.75, 3.05) is 12.8 Å². The zero-order valence-electron chi connectivity index (χ0n) is 12.4. The van der Waals surface area contributed by atoms with Crippen LogP contribution in [0.1, 0.15) is 0 Å². The van der Waals surface area contributed by atoms with E-state index < -0.39 is 40.4 Å². The predicted molar refractivity (Wildman–Crippen MR) is 86.1 cm³/mol. The first kappa shape index (κ1) is 17.8. The van der Waals surface area contributed by atoms with Crippen molar-refractivity contribution < 1.29 is 21.8 Å². The van der Waals surface area contributed by atoms with Crippen LogP contribution in [0.2, 0.25) is 0 Å². The highest BCUT2D eigenvalue weighted by atomic mass is 32.3. The van der Waals surface area contributed by atoms with Gasteiger partial charge in [-0.1, -0.05) is 28.0 Å². The van der Waals surface area contributed by atoms with E-state index in [1.54, 1.807) is 0 Å². The van der Waals surface area contributed by atoms with Gasteiger partial charge in [-0.25, -0.2) is 16.8 Å². The molecular formula is C13H13N3O6S2. The van der Waals surface area contributed by atoms with E-state index in [2.05, 4.69) is 0 Å². The van der Waals surface area contributed by atoms with Crippen LogP contribution >= 0.6 is 0 Å². The number of nitrogens with two attached hydrogens (primary N) is 1. The van der Waals surface area contributed by atoms with Gasteiger partial charge in [0.05, 0.1) is 10.6 Å². The molecule has 11 heteroatoms. The summed E-state index contributed by atoms with van der Waals surface area (Å²) < 4.78 is 50.4. The molecule has 0 aliphatic heterocycles. The zero-order chi connectivity index (χ0) is 18.1. The van der Waals surface area contributed by atoms with Crippen LogP contribution in [-0.4, -0.2) is 32.5 Å². The van der Waals surface area contributed by atoms with E-state index in [0.29, 0.717) is 0 Å². The van der Waals surface area contributed by atoms with Gasteiger partial charge in [0, 0.05) is 13.1 Å². The molecule has 2 N–H and O–H groups in total. The molecule has 0 saturated heterocycles. The van der Waals surface area contributed by atoms with Gasteiger partial charge in [0.2, 0.25) is 0 Å². The Kier molecular flexibility index (Phi) is 4.60. The second kappa shape index (κ2) is 6.19. The molecule has 128 valence electrons. The average Bonchev–Trinajstić information content (AvgIpc) is 2.54. The molecule has 2 aromatic rings. The van der Waals surface area contributed by atoms with Crippen molar-refractivity contribution >= 4 is 31.4 Å². The van der Waals surface area contributed by atoms with Crippen molar-refractivity contribution in [3.05, 3.63) is 58.6 Å². The lowest BCUT2D eigenvalue weighted by Crippen LogP contribution is -2.34. The molecule has 9 nitrogen and oxygen atoms in total. The van der Waals surface area contributed by atoms with Crippen molar-refractivity contribution in [3.63, 3.8) is 0 Å². The fourth-order valence-electron chi connectivity index (χ4n) is 1.95. The summed E-state index contributed by atoms with van der Waals surface area (Å²) in [6.45, 7) is 0. The van der Waals surface area contributed by atoms with Crippen LogP contribution in [0.15, 0.2) is 58.3 Å². The molecule has 2 aromatic carbocycles. The number of para-hydroxylation sites is 2. The average molecular weight is 371 g/mol. The second-order valence-electron chi connectivity index (χ2n) is 4.65. The maximum atomic E-state index is 12.6. The van der Waals surface area contributed by atoms with Crippen molar-refractivity contribution in [1.82, 2.24) is 3.71 Å². The molecule has 0 unspecified atom stereocenters. The number of hydrogen-bond donors (Lipinski definition) is 1. The van der Waals surface area contributed by atoms with Gasteiger partial charge in [-0.05, 0) is 18.2 Å². The van der Waals surface area contributed by atoms with E-state index in [1.807, 2.05) is 0 Å². The first-order valence-corrected chi connectivity index (χ1v) is 9.30. The maximum Gasteiger partial charge on any atom is 0.289 e. The Morgan fingerprint density at radius 3 is 1.92 bits per heavy atom. The van der Waals surface area contributed by atoms with Gasteiger partial charge in [-0.15, -0.1) is 0 Å². The van der Waals surface area contributed by atoms with E-state index in [0.717, 1.165) is 25.2 Å². The minimum atomic E-state index is -4.69. The van der Waals surface area contributed by atoms with Crippen LogP contribution in [0, 0.1) is 10.1 Å². The Labute approximate surface area is 138 Å². The van der Waals surface area contributed by atoms with Gasteiger partial charge < -0.3 is 5.73 Å². The smallest absolute Gasteiger partial charge is 0.289 e. The highest BCUT2D eigenvalue weighted by Crippen LogP contribution is 2.30. The highest BCUT2D eigenvalue weighted by Gasteiger charge is 2.37. The third-order valence-electron chi connectivity index (χ3n) is 3.21. The third kappa shape index (κ3) is 2.96. The lowest BCUT2D eigenvalue weighted by Gasteiger charge is -2.18. The molecule has 0 spiro atoms. The van der Waals surface area contributed by atoms with Crippen molar-refractivity contribution in [2.45, 2.75) is 9.79 Å². The molecule has 2 rings (SSSR count). The van der Waals surface area contributed by atoms with E-state index in [-0.39, 0.29) is 9.40 Å². The minimum absolute atomic E-state index is 0.0774. The normalized spacial score (nSPS) is 12.2. The lowest BCUT2D eigenvalue weighted by atomic mass is 10.3. The van der Waals surface area contributed by atoms with Crippen LogP contribution in [0.25, 0.3) is 0 Å². The Morgan fingerprint density at radius 1 is 0.917 bits per heavy atom. The number of anilines is 1. The lowest BCUT2D eigenvalue weighted by molar-refractivity contribution is -0.387. The maximum absolute atomic E-state index is 12.6. The molecule has 0 amide bonds. The quantitative estimate of drug-likeness (QED) is 0.472. The SMILES string of the molecule is CN(S(=O)(=O)c1ccccc1N)S(=O)(=O)c1ccccc1[N+](=O)[O-]. The molecule has 0 bridgehead atoms. The Hall–Kier alpha value is -2.50. The summed E-state index contributed by atoms with van der Waals surface area (Å²) in [6.07, 6.45) is 0. The molecule has 24 heavy (non-hydrogen) atoms. The fraction of sp³-hybridized carbons (Fsp3) is 0.0769. The van der Waals surface area contributed by atoms with Crippen molar-refractivity contribution in [2.24, 2.45) is 0 Å². The summed E-state index contributed by atoms with van der Waals surface area (Å²) >= 11 is 0. The van der Waals surface area contributed by atoms with Crippen LogP contribution in [0.4, 0.5) is 11.4 Å². The number of hydrogen-bond acceptors (Lipinski definition) is 7. The second-order valence-corrected chi connectivity index (χ2v) is 8.76. The van der Waals surface area contributed by atoms with Gasteiger partial charge in [0.15, 0.2) is 4.90 Å².